The number of fused-ring (bicyclic) bond motifs is 1. The molecule has 6 heteroatoms. The minimum atomic E-state index is -0.265. The van der Waals surface area contributed by atoms with Gasteiger partial charge in [0.05, 0.1) is 5.69 Å². The summed E-state index contributed by atoms with van der Waals surface area (Å²) in [5.41, 5.74) is 6.07. The van der Waals surface area contributed by atoms with Crippen molar-refractivity contribution in [1.29, 1.82) is 0 Å². The van der Waals surface area contributed by atoms with E-state index in [9.17, 15) is 4.79 Å². The summed E-state index contributed by atoms with van der Waals surface area (Å²) >= 11 is 1.49. The molecule has 142 valence electrons. The summed E-state index contributed by atoms with van der Waals surface area (Å²) in [6, 6.07) is 11.7. The number of aromatic nitrogens is 2. The zero-order valence-corrected chi connectivity index (χ0v) is 17.1. The third-order valence-corrected chi connectivity index (χ3v) is 5.52. The van der Waals surface area contributed by atoms with E-state index in [0.717, 1.165) is 49.0 Å². The van der Waals surface area contributed by atoms with Gasteiger partial charge in [-0.3, -0.25) is 5.32 Å². The summed E-state index contributed by atoms with van der Waals surface area (Å²) in [5.74, 6) is 0. The molecular formula is C22H22N4OS. The minimum absolute atomic E-state index is 0.265. The predicted octanol–water partition coefficient (Wildman–Crippen LogP) is 5.96. The lowest BCUT2D eigenvalue weighted by atomic mass is 10.1. The van der Waals surface area contributed by atoms with Crippen molar-refractivity contribution < 1.29 is 4.79 Å². The van der Waals surface area contributed by atoms with Crippen molar-refractivity contribution >= 4 is 38.3 Å². The molecule has 1 aromatic carbocycles. The second-order valence-electron chi connectivity index (χ2n) is 7.09. The Balaban J connectivity index is 1.73. The van der Waals surface area contributed by atoms with Crippen LogP contribution in [-0.4, -0.2) is 15.6 Å². The molecule has 0 radical (unpaired) electrons. The van der Waals surface area contributed by atoms with Gasteiger partial charge < -0.3 is 9.88 Å². The molecule has 3 heterocycles. The number of anilines is 2. The number of carbonyl (C=O) groups excluding carboxylic acids is 1. The number of amides is 2. The van der Waals surface area contributed by atoms with Crippen molar-refractivity contribution in [3.05, 3.63) is 71.2 Å². The molecule has 0 atom stereocenters. The van der Waals surface area contributed by atoms with Gasteiger partial charge in [-0.1, -0.05) is 17.4 Å². The van der Waals surface area contributed by atoms with Crippen LogP contribution in [-0.2, 0) is 0 Å². The highest BCUT2D eigenvalue weighted by Crippen LogP contribution is 2.39. The van der Waals surface area contributed by atoms with E-state index in [-0.39, 0.29) is 6.03 Å². The van der Waals surface area contributed by atoms with Gasteiger partial charge in [0.25, 0.3) is 0 Å². The summed E-state index contributed by atoms with van der Waals surface area (Å²) in [5, 5.41) is 7.81. The molecule has 0 spiro atoms. The quantitative estimate of drug-likeness (QED) is 0.453. The molecule has 3 aromatic heterocycles. The first-order chi connectivity index (χ1) is 13.4. The van der Waals surface area contributed by atoms with Crippen LogP contribution in [0.5, 0.6) is 0 Å². The number of benzene rings is 1. The Bertz CT molecular complexity index is 1150. The zero-order valence-electron chi connectivity index (χ0n) is 16.3. The van der Waals surface area contributed by atoms with Gasteiger partial charge in [-0.05, 0) is 74.7 Å². The number of carbonyl (C=O) groups is 1. The first kappa shape index (κ1) is 18.3. The molecule has 0 saturated carbocycles. The molecule has 4 aromatic rings. The van der Waals surface area contributed by atoms with Gasteiger partial charge in [-0.15, -0.1) is 0 Å². The fourth-order valence-electron chi connectivity index (χ4n) is 3.55. The lowest BCUT2D eigenvalue weighted by Gasteiger charge is -2.11. The van der Waals surface area contributed by atoms with Gasteiger partial charge in [0.2, 0.25) is 0 Å². The van der Waals surface area contributed by atoms with Crippen LogP contribution < -0.4 is 10.6 Å². The highest BCUT2D eigenvalue weighted by molar-refractivity contribution is 7.23. The molecule has 5 nitrogen and oxygen atoms in total. The number of thiophene rings is 1. The van der Waals surface area contributed by atoms with E-state index >= 15 is 0 Å². The van der Waals surface area contributed by atoms with Crippen molar-refractivity contribution in [2.75, 3.05) is 10.6 Å². The highest BCUT2D eigenvalue weighted by atomic mass is 32.1. The van der Waals surface area contributed by atoms with Crippen LogP contribution in [0.1, 0.15) is 22.4 Å². The smallest absolute Gasteiger partial charge is 0.321 e. The molecule has 0 aliphatic carbocycles. The van der Waals surface area contributed by atoms with Crippen LogP contribution in [0.3, 0.4) is 0 Å². The standard InChI is InChI=1S/C22H22N4OS/c1-13-9-14(2)11-17(10-13)24-22(27)25-21-19(26-7-5-6-8-26)18-15(3)12-16(4)23-20(18)28-21/h5-12H,1-4H3,(H2,24,25,27). The number of aryl methyl sites for hydroxylation is 4. The summed E-state index contributed by atoms with van der Waals surface area (Å²) in [6.45, 7) is 8.10. The van der Waals surface area contributed by atoms with E-state index < -0.39 is 0 Å². The number of rotatable bonds is 3. The number of urea groups is 1. The van der Waals surface area contributed by atoms with Gasteiger partial charge in [0.15, 0.2) is 0 Å². The maximum absolute atomic E-state index is 12.7. The Kier molecular flexibility index (Phi) is 4.65. The van der Waals surface area contributed by atoms with Crippen molar-refractivity contribution in [3.63, 3.8) is 0 Å². The van der Waals surface area contributed by atoms with E-state index in [1.807, 2.05) is 62.0 Å². The number of hydrogen-bond donors (Lipinski definition) is 2. The fraction of sp³-hybridized carbons (Fsp3) is 0.182. The zero-order chi connectivity index (χ0) is 19.8. The molecule has 0 fully saturated rings. The summed E-state index contributed by atoms with van der Waals surface area (Å²) in [7, 11) is 0. The Morgan fingerprint density at radius 3 is 2.32 bits per heavy atom. The molecule has 0 bridgehead atoms. The van der Waals surface area contributed by atoms with Gasteiger partial charge >= 0.3 is 6.03 Å². The Morgan fingerprint density at radius 1 is 0.964 bits per heavy atom. The van der Waals surface area contributed by atoms with Crippen LogP contribution in [0.4, 0.5) is 15.5 Å². The SMILES string of the molecule is Cc1cc(C)cc(NC(=O)Nc2sc3nc(C)cc(C)c3c2-n2cccc2)c1. The number of nitrogens with one attached hydrogen (secondary N) is 2. The van der Waals surface area contributed by atoms with Gasteiger partial charge in [0, 0.05) is 29.2 Å². The third kappa shape index (κ3) is 3.51. The van der Waals surface area contributed by atoms with Gasteiger partial charge in [0.1, 0.15) is 9.83 Å². The van der Waals surface area contributed by atoms with Crippen LogP contribution in [0.2, 0.25) is 0 Å². The third-order valence-electron chi connectivity index (χ3n) is 4.53. The molecule has 2 amide bonds. The van der Waals surface area contributed by atoms with Crippen LogP contribution in [0, 0.1) is 27.7 Å². The van der Waals surface area contributed by atoms with E-state index in [0.29, 0.717) is 0 Å². The summed E-state index contributed by atoms with van der Waals surface area (Å²) < 4.78 is 2.02. The fourth-order valence-corrected chi connectivity index (χ4v) is 4.74. The van der Waals surface area contributed by atoms with E-state index in [2.05, 4.69) is 34.7 Å². The summed E-state index contributed by atoms with van der Waals surface area (Å²) in [6.07, 6.45) is 3.96. The summed E-state index contributed by atoms with van der Waals surface area (Å²) in [4.78, 5) is 18.3. The van der Waals surface area contributed by atoms with Crippen LogP contribution >= 0.6 is 11.3 Å². The Labute approximate surface area is 168 Å². The Morgan fingerprint density at radius 2 is 1.64 bits per heavy atom. The van der Waals surface area contributed by atoms with Crippen molar-refractivity contribution in [3.8, 4) is 5.69 Å². The predicted molar refractivity (Wildman–Crippen MR) is 117 cm³/mol. The second-order valence-corrected chi connectivity index (χ2v) is 8.09. The average Bonchev–Trinajstić information content (AvgIpc) is 3.20. The van der Waals surface area contributed by atoms with Crippen LogP contribution in [0.25, 0.3) is 15.9 Å². The Hall–Kier alpha value is -3.12. The van der Waals surface area contributed by atoms with Crippen LogP contribution in [0.15, 0.2) is 48.8 Å². The topological polar surface area (TPSA) is 59.0 Å². The molecule has 4 rings (SSSR count). The molecule has 0 aliphatic rings. The second kappa shape index (κ2) is 7.13. The number of nitrogens with zero attached hydrogens (tertiary/aromatic N) is 2. The van der Waals surface area contributed by atoms with E-state index in [4.69, 9.17) is 0 Å². The molecule has 0 saturated heterocycles. The average molecular weight is 391 g/mol. The minimum Gasteiger partial charge on any atom is -0.321 e. The normalized spacial score (nSPS) is 11.0. The maximum atomic E-state index is 12.7. The highest BCUT2D eigenvalue weighted by Gasteiger charge is 2.19. The molecular weight excluding hydrogens is 368 g/mol. The number of hydrogen-bond acceptors (Lipinski definition) is 3. The van der Waals surface area contributed by atoms with E-state index in [1.165, 1.54) is 11.3 Å². The van der Waals surface area contributed by atoms with Crippen molar-refractivity contribution in [1.82, 2.24) is 9.55 Å². The van der Waals surface area contributed by atoms with Crippen molar-refractivity contribution in [2.24, 2.45) is 0 Å². The maximum Gasteiger partial charge on any atom is 0.324 e. The monoisotopic (exact) mass is 390 g/mol. The number of pyridine rings is 1. The molecule has 2 N–H and O–H groups in total. The first-order valence-corrected chi connectivity index (χ1v) is 9.93. The van der Waals surface area contributed by atoms with Crippen molar-refractivity contribution in [2.45, 2.75) is 27.7 Å². The van der Waals surface area contributed by atoms with Gasteiger partial charge in [-0.2, -0.15) is 0 Å². The lowest BCUT2D eigenvalue weighted by Crippen LogP contribution is -2.19. The van der Waals surface area contributed by atoms with Gasteiger partial charge in [-0.25, -0.2) is 9.78 Å². The molecule has 0 unspecified atom stereocenters. The molecule has 28 heavy (non-hydrogen) atoms. The molecule has 0 aliphatic heterocycles. The lowest BCUT2D eigenvalue weighted by molar-refractivity contribution is 0.262. The van der Waals surface area contributed by atoms with E-state index in [1.54, 1.807) is 0 Å². The first-order valence-electron chi connectivity index (χ1n) is 9.11. The largest absolute Gasteiger partial charge is 0.324 e.